The van der Waals surface area contributed by atoms with E-state index in [0.29, 0.717) is 34.3 Å². The van der Waals surface area contributed by atoms with Gasteiger partial charge in [0.1, 0.15) is 16.9 Å². The van der Waals surface area contributed by atoms with E-state index < -0.39 is 0 Å². The Morgan fingerprint density at radius 1 is 1.07 bits per heavy atom. The predicted molar refractivity (Wildman–Crippen MR) is 102 cm³/mol. The van der Waals surface area contributed by atoms with Crippen LogP contribution in [-0.4, -0.2) is 38.8 Å². The Morgan fingerprint density at radius 2 is 1.81 bits per heavy atom. The Bertz CT molecular complexity index is 1160. The molecule has 0 fully saturated rings. The Kier molecular flexibility index (Phi) is 4.47. The van der Waals surface area contributed by atoms with E-state index in [2.05, 4.69) is 25.4 Å². The second-order valence-corrected chi connectivity index (χ2v) is 6.32. The van der Waals surface area contributed by atoms with Crippen LogP contribution in [0.4, 0.5) is 0 Å². The molecule has 0 saturated carbocycles. The van der Waals surface area contributed by atoms with E-state index in [1.54, 1.807) is 6.07 Å². The maximum atomic E-state index is 11.4. The minimum absolute atomic E-state index is 0.0504. The summed E-state index contributed by atoms with van der Waals surface area (Å²) < 4.78 is 5.12. The van der Waals surface area contributed by atoms with Crippen LogP contribution >= 0.6 is 23.2 Å². The first-order chi connectivity index (χ1) is 13.1. The molecule has 4 aromatic rings. The van der Waals surface area contributed by atoms with Crippen molar-refractivity contribution < 1.29 is 9.53 Å². The van der Waals surface area contributed by atoms with Gasteiger partial charge in [-0.1, -0.05) is 53.5 Å². The van der Waals surface area contributed by atoms with Crippen LogP contribution in [0, 0.1) is 0 Å². The zero-order valence-corrected chi connectivity index (χ0v) is 15.4. The number of H-pyrrole nitrogens is 1. The van der Waals surface area contributed by atoms with Crippen LogP contribution in [0.2, 0.25) is 10.0 Å². The van der Waals surface area contributed by atoms with Crippen molar-refractivity contribution in [2.45, 2.75) is 0 Å². The van der Waals surface area contributed by atoms with Gasteiger partial charge in [0.25, 0.3) is 0 Å². The van der Waals surface area contributed by atoms with Crippen LogP contribution in [0.1, 0.15) is 10.5 Å². The highest BCUT2D eigenvalue weighted by Gasteiger charge is 2.23. The molecule has 0 aliphatic rings. The molecule has 4 rings (SSSR count). The normalized spacial score (nSPS) is 10.9. The number of rotatable bonds is 4. The molecule has 0 atom stereocenters. The van der Waals surface area contributed by atoms with Crippen molar-refractivity contribution in [2.24, 2.45) is 0 Å². The van der Waals surface area contributed by atoms with Gasteiger partial charge in [-0.3, -0.25) is 4.79 Å². The van der Waals surface area contributed by atoms with Crippen molar-refractivity contribution in [3.63, 3.8) is 0 Å². The number of hydrogen-bond donors (Lipinski definition) is 1. The molecule has 7 nitrogen and oxygen atoms in total. The maximum absolute atomic E-state index is 11.4. The zero-order valence-electron chi connectivity index (χ0n) is 13.9. The monoisotopic (exact) mass is 399 g/mol. The number of methoxy groups -OCH3 is 1. The molecule has 2 heterocycles. The van der Waals surface area contributed by atoms with Gasteiger partial charge in [-0.25, -0.2) is 9.97 Å². The molecule has 2 aromatic heterocycles. The number of benzene rings is 2. The number of aromatic amines is 1. The number of carbonyl (C=O) groups is 1. The third-order valence-corrected chi connectivity index (χ3v) is 4.77. The number of nitrogens with zero attached hydrogens (tertiary/aromatic N) is 4. The van der Waals surface area contributed by atoms with Gasteiger partial charge in [-0.2, -0.15) is 15.4 Å². The Balaban J connectivity index is 2.07. The molecule has 0 aliphatic carbocycles. The summed E-state index contributed by atoms with van der Waals surface area (Å²) in [4.78, 5) is 20.1. The lowest BCUT2D eigenvalue weighted by molar-refractivity contribution is 0.111. The average Bonchev–Trinajstić information content (AvgIpc) is 3.18. The number of nitrogens with one attached hydrogen (secondary N) is 1. The fourth-order valence-corrected chi connectivity index (χ4v) is 3.21. The first-order valence-corrected chi connectivity index (χ1v) is 8.55. The Hall–Kier alpha value is -3.03. The molecule has 9 heteroatoms. The molecule has 0 bridgehead atoms. The largest absolute Gasteiger partial charge is 0.479 e. The summed E-state index contributed by atoms with van der Waals surface area (Å²) in [6, 6.07) is 11.0. The molecule has 0 saturated heterocycles. The van der Waals surface area contributed by atoms with E-state index in [1.165, 1.54) is 7.11 Å². The van der Waals surface area contributed by atoms with Crippen molar-refractivity contribution in [1.29, 1.82) is 0 Å². The maximum Gasteiger partial charge on any atom is 0.243 e. The standard InChI is InChI=1S/C18H11Cl2N5O2/c1-27-18-12(8-26)21-16-11(22-18)7-10(19)14(20)13(16)17-15(23-25-24-17)9-5-3-2-4-6-9/h2-8H,1H3,(H,23,24,25). The van der Waals surface area contributed by atoms with Gasteiger partial charge < -0.3 is 4.74 Å². The zero-order chi connectivity index (χ0) is 19.0. The number of fused-ring (bicyclic) bond motifs is 1. The quantitative estimate of drug-likeness (QED) is 0.516. The van der Waals surface area contributed by atoms with E-state index in [0.717, 1.165) is 5.56 Å². The lowest BCUT2D eigenvalue weighted by Gasteiger charge is -2.11. The SMILES string of the molecule is COc1nc2cc(Cl)c(Cl)c(-c3n[nH]nc3-c3ccccc3)c2nc1C=O. The van der Waals surface area contributed by atoms with Crippen molar-refractivity contribution in [2.75, 3.05) is 7.11 Å². The van der Waals surface area contributed by atoms with Crippen LogP contribution < -0.4 is 4.74 Å². The molecule has 0 spiro atoms. The highest BCUT2D eigenvalue weighted by Crippen LogP contribution is 2.41. The minimum atomic E-state index is 0.0504. The summed E-state index contributed by atoms with van der Waals surface area (Å²) >= 11 is 12.8. The molecule has 0 radical (unpaired) electrons. The van der Waals surface area contributed by atoms with E-state index in [9.17, 15) is 4.79 Å². The van der Waals surface area contributed by atoms with Crippen LogP contribution in [0.25, 0.3) is 33.5 Å². The summed E-state index contributed by atoms with van der Waals surface area (Å²) in [5.74, 6) is 0.102. The van der Waals surface area contributed by atoms with Crippen molar-refractivity contribution in [3.05, 3.63) is 52.1 Å². The van der Waals surface area contributed by atoms with Gasteiger partial charge in [0, 0.05) is 5.56 Å². The molecular weight excluding hydrogens is 389 g/mol. The lowest BCUT2D eigenvalue weighted by atomic mass is 10.0. The topological polar surface area (TPSA) is 93.7 Å². The Morgan fingerprint density at radius 3 is 2.52 bits per heavy atom. The first kappa shape index (κ1) is 17.4. The summed E-state index contributed by atoms with van der Waals surface area (Å²) in [6.07, 6.45) is 0.568. The summed E-state index contributed by atoms with van der Waals surface area (Å²) in [7, 11) is 1.41. The molecule has 0 unspecified atom stereocenters. The highest BCUT2D eigenvalue weighted by atomic mass is 35.5. The predicted octanol–water partition coefficient (Wildman–Crippen LogP) is 4.21. The number of hydrogen-bond acceptors (Lipinski definition) is 6. The fraction of sp³-hybridized carbons (Fsp3) is 0.0556. The second-order valence-electron chi connectivity index (χ2n) is 5.54. The van der Waals surface area contributed by atoms with Crippen LogP contribution in [-0.2, 0) is 0 Å². The third kappa shape index (κ3) is 2.90. The average molecular weight is 400 g/mol. The van der Waals surface area contributed by atoms with Gasteiger partial charge >= 0.3 is 0 Å². The number of aromatic nitrogens is 5. The molecule has 0 amide bonds. The number of ether oxygens (including phenoxy) is 1. The molecule has 1 N–H and O–H groups in total. The molecule has 134 valence electrons. The van der Waals surface area contributed by atoms with E-state index >= 15 is 0 Å². The first-order valence-electron chi connectivity index (χ1n) is 7.79. The Labute approximate surface area is 163 Å². The highest BCUT2D eigenvalue weighted by molar-refractivity contribution is 6.45. The van der Waals surface area contributed by atoms with Gasteiger partial charge in [0.2, 0.25) is 5.88 Å². The summed E-state index contributed by atoms with van der Waals surface area (Å²) in [5.41, 5.74) is 3.14. The lowest BCUT2D eigenvalue weighted by Crippen LogP contribution is -2.01. The van der Waals surface area contributed by atoms with Crippen molar-refractivity contribution in [1.82, 2.24) is 25.4 Å². The number of carbonyl (C=O) groups excluding carboxylic acids is 1. The third-order valence-electron chi connectivity index (χ3n) is 3.98. The minimum Gasteiger partial charge on any atom is -0.479 e. The molecule has 0 aliphatic heterocycles. The number of halogens is 2. The summed E-state index contributed by atoms with van der Waals surface area (Å²) in [5, 5.41) is 11.6. The van der Waals surface area contributed by atoms with E-state index in [4.69, 9.17) is 27.9 Å². The van der Waals surface area contributed by atoms with E-state index in [-0.39, 0.29) is 21.6 Å². The molecular formula is C18H11Cl2N5O2. The van der Waals surface area contributed by atoms with E-state index in [1.807, 2.05) is 30.3 Å². The van der Waals surface area contributed by atoms with Crippen molar-refractivity contribution in [3.8, 4) is 28.4 Å². The fourth-order valence-electron chi connectivity index (χ4n) is 2.78. The van der Waals surface area contributed by atoms with Crippen LogP contribution in [0.3, 0.4) is 0 Å². The molecule has 27 heavy (non-hydrogen) atoms. The van der Waals surface area contributed by atoms with Crippen LogP contribution in [0.15, 0.2) is 36.4 Å². The van der Waals surface area contributed by atoms with Crippen LogP contribution in [0.5, 0.6) is 5.88 Å². The number of aldehydes is 1. The van der Waals surface area contributed by atoms with Gasteiger partial charge in [-0.15, -0.1) is 0 Å². The molecule has 2 aromatic carbocycles. The summed E-state index contributed by atoms with van der Waals surface area (Å²) in [6.45, 7) is 0. The van der Waals surface area contributed by atoms with Gasteiger partial charge in [0.05, 0.1) is 28.2 Å². The van der Waals surface area contributed by atoms with Gasteiger partial charge in [-0.05, 0) is 6.07 Å². The second kappa shape index (κ2) is 6.94. The van der Waals surface area contributed by atoms with Crippen molar-refractivity contribution >= 4 is 40.5 Å². The van der Waals surface area contributed by atoms with Gasteiger partial charge in [0.15, 0.2) is 12.0 Å². The smallest absolute Gasteiger partial charge is 0.243 e.